The molecule has 2 N–H and O–H groups in total. The van der Waals surface area contributed by atoms with Crippen molar-refractivity contribution in [3.05, 3.63) is 95.2 Å². The van der Waals surface area contributed by atoms with Crippen LogP contribution >= 0.6 is 11.8 Å². The highest BCUT2D eigenvalue weighted by Gasteiger charge is 2.22. The number of rotatable bonds is 11. The number of hydrogen-bond donors (Lipinski definition) is 2. The topological polar surface area (TPSA) is 88.8 Å². The predicted octanol–water partition coefficient (Wildman–Crippen LogP) is 6.06. The van der Waals surface area contributed by atoms with E-state index in [2.05, 4.69) is 5.32 Å². The molecule has 0 spiro atoms. The highest BCUT2D eigenvalue weighted by Crippen LogP contribution is 2.29. The van der Waals surface area contributed by atoms with Crippen LogP contribution in [0.5, 0.6) is 0 Å². The smallest absolute Gasteiger partial charge is 0.326 e. The molecule has 3 aromatic carbocycles. The van der Waals surface area contributed by atoms with E-state index in [4.69, 9.17) is 9.15 Å². The van der Waals surface area contributed by atoms with E-state index in [-0.39, 0.29) is 0 Å². The van der Waals surface area contributed by atoms with Crippen LogP contribution in [0.3, 0.4) is 0 Å². The molecule has 36 heavy (non-hydrogen) atoms. The number of amides is 1. The summed E-state index contributed by atoms with van der Waals surface area (Å²) in [6.07, 6.45) is 2.27. The van der Waals surface area contributed by atoms with Gasteiger partial charge in [-0.2, -0.15) is 11.8 Å². The van der Waals surface area contributed by atoms with E-state index in [0.717, 1.165) is 39.0 Å². The summed E-state index contributed by atoms with van der Waals surface area (Å²) in [7, 11) is 0. The first-order valence-electron chi connectivity index (χ1n) is 11.7. The fraction of sp³-hybridized carbons (Fsp3) is 0.241. The first-order valence-corrected chi connectivity index (χ1v) is 13.1. The Morgan fingerprint density at radius 2 is 1.78 bits per heavy atom. The van der Waals surface area contributed by atoms with Gasteiger partial charge in [-0.25, -0.2) is 4.79 Å². The third kappa shape index (κ3) is 6.17. The van der Waals surface area contributed by atoms with Gasteiger partial charge in [0.25, 0.3) is 5.91 Å². The van der Waals surface area contributed by atoms with Crippen LogP contribution in [0.1, 0.15) is 33.7 Å². The second kappa shape index (κ2) is 11.9. The molecule has 1 atom stereocenters. The molecule has 0 saturated carbocycles. The van der Waals surface area contributed by atoms with Crippen molar-refractivity contribution in [2.45, 2.75) is 32.6 Å². The molecular weight excluding hydrogens is 474 g/mol. The lowest BCUT2D eigenvalue weighted by atomic mass is 9.93. The molecule has 1 aromatic heterocycles. The summed E-state index contributed by atoms with van der Waals surface area (Å²) in [5.41, 5.74) is 4.83. The minimum atomic E-state index is -1.04. The summed E-state index contributed by atoms with van der Waals surface area (Å²) in [6, 6.07) is 22.2. The van der Waals surface area contributed by atoms with Gasteiger partial charge in [-0.15, -0.1) is 0 Å². The van der Waals surface area contributed by atoms with Crippen LogP contribution in [0.4, 0.5) is 0 Å². The SMILES string of the molecule is CSCCC(NC(=O)c1ccc(COCc2cc3ccccc3o2)cc1-c1ccccc1C)C(=O)O. The number of benzene rings is 3. The average molecular weight is 504 g/mol. The van der Waals surface area contributed by atoms with Crippen LogP contribution in [-0.2, 0) is 22.7 Å². The molecule has 6 nitrogen and oxygen atoms in total. The average Bonchev–Trinajstić information content (AvgIpc) is 3.29. The van der Waals surface area contributed by atoms with Gasteiger partial charge < -0.3 is 19.6 Å². The minimum Gasteiger partial charge on any atom is -0.480 e. The van der Waals surface area contributed by atoms with Crippen LogP contribution in [-0.4, -0.2) is 35.0 Å². The summed E-state index contributed by atoms with van der Waals surface area (Å²) >= 11 is 1.55. The number of para-hydroxylation sites is 1. The Labute approximate surface area is 214 Å². The number of fused-ring (bicyclic) bond motifs is 1. The Hall–Kier alpha value is -3.55. The summed E-state index contributed by atoms with van der Waals surface area (Å²) in [5, 5.41) is 13.3. The number of furan rings is 1. The van der Waals surface area contributed by atoms with E-state index < -0.39 is 17.9 Å². The third-order valence-electron chi connectivity index (χ3n) is 5.97. The molecule has 1 amide bonds. The Kier molecular flexibility index (Phi) is 8.46. The molecule has 0 aliphatic carbocycles. The maximum absolute atomic E-state index is 13.2. The second-order valence-corrected chi connectivity index (χ2v) is 9.57. The maximum Gasteiger partial charge on any atom is 0.326 e. The molecule has 0 saturated heterocycles. The van der Waals surface area contributed by atoms with Gasteiger partial charge in [-0.05, 0) is 71.9 Å². The number of carboxylic acid groups (broad SMARTS) is 1. The zero-order chi connectivity index (χ0) is 25.5. The lowest BCUT2D eigenvalue weighted by Gasteiger charge is -2.17. The highest BCUT2D eigenvalue weighted by atomic mass is 32.2. The third-order valence-corrected chi connectivity index (χ3v) is 6.61. The molecule has 7 heteroatoms. The number of aliphatic carboxylic acids is 1. The van der Waals surface area contributed by atoms with Crippen molar-refractivity contribution < 1.29 is 23.8 Å². The fourth-order valence-corrected chi connectivity index (χ4v) is 4.56. The van der Waals surface area contributed by atoms with Crippen molar-refractivity contribution in [1.29, 1.82) is 0 Å². The number of aryl methyl sites for hydroxylation is 1. The quantitative estimate of drug-likeness (QED) is 0.259. The Balaban J connectivity index is 1.55. The zero-order valence-electron chi connectivity index (χ0n) is 20.3. The van der Waals surface area contributed by atoms with Gasteiger partial charge >= 0.3 is 5.97 Å². The molecule has 0 fully saturated rings. The van der Waals surface area contributed by atoms with E-state index in [9.17, 15) is 14.7 Å². The van der Waals surface area contributed by atoms with E-state index in [1.54, 1.807) is 17.8 Å². The summed E-state index contributed by atoms with van der Waals surface area (Å²) in [4.78, 5) is 24.9. The maximum atomic E-state index is 13.2. The van der Waals surface area contributed by atoms with Crippen molar-refractivity contribution in [3.63, 3.8) is 0 Å². The first-order chi connectivity index (χ1) is 17.5. The summed E-state index contributed by atoms with van der Waals surface area (Å²) in [5.74, 6) is -0.0538. The van der Waals surface area contributed by atoms with E-state index in [1.165, 1.54) is 0 Å². The Morgan fingerprint density at radius 3 is 2.53 bits per heavy atom. The molecule has 1 unspecified atom stereocenters. The van der Waals surface area contributed by atoms with Gasteiger partial charge in [0.15, 0.2) is 0 Å². The van der Waals surface area contributed by atoms with Crippen LogP contribution in [0.25, 0.3) is 22.1 Å². The monoisotopic (exact) mass is 503 g/mol. The highest BCUT2D eigenvalue weighted by molar-refractivity contribution is 7.98. The second-order valence-electron chi connectivity index (χ2n) is 8.58. The number of thioether (sulfide) groups is 1. The van der Waals surface area contributed by atoms with Gasteiger partial charge in [0.2, 0.25) is 0 Å². The van der Waals surface area contributed by atoms with E-state index in [0.29, 0.717) is 31.0 Å². The summed E-state index contributed by atoms with van der Waals surface area (Å²) in [6.45, 7) is 2.65. The molecule has 0 bridgehead atoms. The molecule has 4 rings (SSSR count). The Bertz CT molecular complexity index is 1330. The number of hydrogen-bond acceptors (Lipinski definition) is 5. The predicted molar refractivity (Wildman–Crippen MR) is 143 cm³/mol. The van der Waals surface area contributed by atoms with Crippen LogP contribution in [0, 0.1) is 6.92 Å². The van der Waals surface area contributed by atoms with Crippen molar-refractivity contribution in [3.8, 4) is 11.1 Å². The van der Waals surface area contributed by atoms with E-state index in [1.807, 2.05) is 79.9 Å². The number of ether oxygens (including phenoxy) is 1. The number of nitrogens with one attached hydrogen (secondary N) is 1. The van der Waals surface area contributed by atoms with Gasteiger partial charge in [0, 0.05) is 10.9 Å². The van der Waals surface area contributed by atoms with Gasteiger partial charge in [-0.3, -0.25) is 4.79 Å². The van der Waals surface area contributed by atoms with Gasteiger partial charge in [0.05, 0.1) is 6.61 Å². The first kappa shape index (κ1) is 25.5. The number of carbonyl (C=O) groups excluding carboxylic acids is 1. The molecular formula is C29H29NO5S. The molecule has 0 aliphatic heterocycles. The normalized spacial score (nSPS) is 11.9. The molecule has 1 heterocycles. The van der Waals surface area contributed by atoms with Crippen molar-refractivity contribution in [2.24, 2.45) is 0 Å². The number of carboxylic acids is 1. The van der Waals surface area contributed by atoms with Crippen LogP contribution in [0.2, 0.25) is 0 Å². The van der Waals surface area contributed by atoms with Crippen LogP contribution < -0.4 is 5.32 Å². The lowest BCUT2D eigenvalue weighted by molar-refractivity contribution is -0.139. The molecule has 186 valence electrons. The van der Waals surface area contributed by atoms with Crippen molar-refractivity contribution in [1.82, 2.24) is 5.32 Å². The summed E-state index contributed by atoms with van der Waals surface area (Å²) < 4.78 is 11.7. The standard InChI is InChI=1S/C29H29NO5S/c1-19-7-3-5-9-23(19)25-15-20(17-34-18-22-16-21-8-4-6-10-27(21)35-22)11-12-24(25)28(31)30-26(29(32)33)13-14-36-2/h3-12,15-16,26H,13-14,17-18H2,1-2H3,(H,30,31)(H,32,33). The number of carbonyl (C=O) groups is 2. The van der Waals surface area contributed by atoms with Crippen molar-refractivity contribution in [2.75, 3.05) is 12.0 Å². The molecule has 4 aromatic rings. The largest absolute Gasteiger partial charge is 0.480 e. The fourth-order valence-electron chi connectivity index (χ4n) is 4.08. The van der Waals surface area contributed by atoms with Crippen molar-refractivity contribution >= 4 is 34.6 Å². The van der Waals surface area contributed by atoms with Gasteiger partial charge in [-0.1, -0.05) is 48.5 Å². The lowest BCUT2D eigenvalue weighted by Crippen LogP contribution is -2.41. The van der Waals surface area contributed by atoms with Crippen LogP contribution in [0.15, 0.2) is 77.2 Å². The van der Waals surface area contributed by atoms with Gasteiger partial charge in [0.1, 0.15) is 24.0 Å². The molecule has 0 aliphatic rings. The zero-order valence-corrected chi connectivity index (χ0v) is 21.1. The Morgan fingerprint density at radius 1 is 1.00 bits per heavy atom. The minimum absolute atomic E-state index is 0.326. The molecule has 0 radical (unpaired) electrons. The van der Waals surface area contributed by atoms with E-state index >= 15 is 0 Å².